The Balaban J connectivity index is 2.24. The Hall–Kier alpha value is -1.46. The van der Waals surface area contributed by atoms with Crippen molar-refractivity contribution in [1.82, 2.24) is 0 Å². The lowest BCUT2D eigenvalue weighted by atomic mass is 10.1. The highest BCUT2D eigenvalue weighted by Gasteiger charge is 2.35. The van der Waals surface area contributed by atoms with Gasteiger partial charge in [0.2, 0.25) is 0 Å². The molecule has 94 valence electrons. The van der Waals surface area contributed by atoms with Crippen LogP contribution >= 0.6 is 0 Å². The molecule has 0 aromatic heterocycles. The van der Waals surface area contributed by atoms with Crippen LogP contribution in [0.15, 0.2) is 12.1 Å². The average molecular weight is 248 g/mol. The Bertz CT molecular complexity index is 400. The second-order valence-corrected chi connectivity index (χ2v) is 4.18. The number of nitrogens with two attached hydrogens (primary N) is 1. The third-order valence-electron chi connectivity index (χ3n) is 2.85. The third-order valence-corrected chi connectivity index (χ3v) is 2.85. The maximum atomic E-state index is 13.5. The van der Waals surface area contributed by atoms with Crippen molar-refractivity contribution < 1.29 is 17.6 Å². The summed E-state index contributed by atoms with van der Waals surface area (Å²) in [7, 11) is 0. The lowest BCUT2D eigenvalue weighted by Crippen LogP contribution is -2.40. The van der Waals surface area contributed by atoms with Gasteiger partial charge in [-0.25, -0.2) is 17.6 Å². The molecule has 6 heteroatoms. The van der Waals surface area contributed by atoms with Crippen molar-refractivity contribution in [2.45, 2.75) is 18.8 Å². The Morgan fingerprint density at radius 2 is 1.53 bits per heavy atom. The molecule has 2 N–H and O–H groups in total. The molecule has 0 spiro atoms. The monoisotopic (exact) mass is 248 g/mol. The van der Waals surface area contributed by atoms with Crippen molar-refractivity contribution in [1.29, 1.82) is 0 Å². The van der Waals surface area contributed by atoms with E-state index in [9.17, 15) is 17.6 Å². The predicted octanol–water partition coefficient (Wildman–Crippen LogP) is 2.78. The summed E-state index contributed by atoms with van der Waals surface area (Å²) in [6.07, 6.45) is -0.785. The maximum absolute atomic E-state index is 13.5. The minimum atomic E-state index is -2.74. The second kappa shape index (κ2) is 4.09. The number of alkyl halides is 2. The van der Waals surface area contributed by atoms with Crippen LogP contribution in [0, 0.1) is 11.6 Å². The van der Waals surface area contributed by atoms with Crippen LogP contribution in [0.2, 0.25) is 0 Å². The van der Waals surface area contributed by atoms with Gasteiger partial charge < -0.3 is 10.6 Å². The average Bonchev–Trinajstić information content (AvgIpc) is 2.19. The topological polar surface area (TPSA) is 29.3 Å². The van der Waals surface area contributed by atoms with Crippen molar-refractivity contribution in [2.24, 2.45) is 0 Å². The van der Waals surface area contributed by atoms with Crippen molar-refractivity contribution in [2.75, 3.05) is 23.7 Å². The first-order valence-corrected chi connectivity index (χ1v) is 5.26. The van der Waals surface area contributed by atoms with E-state index in [4.69, 9.17) is 5.73 Å². The van der Waals surface area contributed by atoms with Crippen LogP contribution in [0.1, 0.15) is 12.8 Å². The quantitative estimate of drug-likeness (QED) is 0.611. The van der Waals surface area contributed by atoms with E-state index in [1.54, 1.807) is 0 Å². The summed E-state index contributed by atoms with van der Waals surface area (Å²) in [6.45, 7) is -0.129. The van der Waals surface area contributed by atoms with E-state index in [2.05, 4.69) is 0 Å². The zero-order chi connectivity index (χ0) is 12.6. The molecule has 1 aliphatic heterocycles. The van der Waals surface area contributed by atoms with E-state index < -0.39 is 30.4 Å². The first-order chi connectivity index (χ1) is 7.89. The first-order valence-electron chi connectivity index (χ1n) is 5.26. The number of piperidine rings is 1. The SMILES string of the molecule is Nc1cc(F)c(N2CCC(F)(F)CC2)c(F)c1. The molecule has 0 amide bonds. The van der Waals surface area contributed by atoms with Crippen molar-refractivity contribution in [3.63, 3.8) is 0 Å². The number of nitrogen functional groups attached to an aromatic ring is 1. The molecule has 1 saturated heterocycles. The molecule has 1 fully saturated rings. The summed E-state index contributed by atoms with van der Waals surface area (Å²) < 4.78 is 52.9. The lowest BCUT2D eigenvalue weighted by molar-refractivity contribution is -0.0222. The molecule has 17 heavy (non-hydrogen) atoms. The molecular weight excluding hydrogens is 236 g/mol. The number of nitrogens with zero attached hydrogens (tertiary/aromatic N) is 1. The van der Waals surface area contributed by atoms with Gasteiger partial charge in [-0.3, -0.25) is 0 Å². The van der Waals surface area contributed by atoms with Crippen LogP contribution in [0.25, 0.3) is 0 Å². The molecule has 0 aliphatic carbocycles. The molecule has 0 radical (unpaired) electrons. The summed E-state index contributed by atoms with van der Waals surface area (Å²) >= 11 is 0. The van der Waals surface area contributed by atoms with Gasteiger partial charge in [0.15, 0.2) is 11.6 Å². The molecule has 1 aromatic rings. The fourth-order valence-corrected chi connectivity index (χ4v) is 1.94. The molecule has 0 unspecified atom stereocenters. The number of hydrogen-bond donors (Lipinski definition) is 1. The number of hydrogen-bond acceptors (Lipinski definition) is 2. The van der Waals surface area contributed by atoms with Crippen LogP contribution in [-0.2, 0) is 0 Å². The Morgan fingerprint density at radius 1 is 1.06 bits per heavy atom. The van der Waals surface area contributed by atoms with Crippen molar-refractivity contribution in [3.05, 3.63) is 23.8 Å². The van der Waals surface area contributed by atoms with E-state index in [1.165, 1.54) is 4.90 Å². The van der Waals surface area contributed by atoms with E-state index >= 15 is 0 Å². The predicted molar refractivity (Wildman–Crippen MR) is 57.2 cm³/mol. The smallest absolute Gasteiger partial charge is 0.251 e. The highest BCUT2D eigenvalue weighted by Crippen LogP contribution is 2.33. The zero-order valence-electron chi connectivity index (χ0n) is 9.02. The van der Waals surface area contributed by atoms with Gasteiger partial charge in [0.1, 0.15) is 5.69 Å². The van der Waals surface area contributed by atoms with Crippen molar-refractivity contribution >= 4 is 11.4 Å². The molecule has 1 aromatic carbocycles. The van der Waals surface area contributed by atoms with Gasteiger partial charge in [-0.2, -0.15) is 0 Å². The van der Waals surface area contributed by atoms with Gasteiger partial charge in [0.05, 0.1) is 0 Å². The maximum Gasteiger partial charge on any atom is 0.251 e. The van der Waals surface area contributed by atoms with Crippen LogP contribution < -0.4 is 10.6 Å². The minimum absolute atomic E-state index is 0.0221. The third kappa shape index (κ3) is 2.45. The van der Waals surface area contributed by atoms with Crippen LogP contribution in [0.3, 0.4) is 0 Å². The van der Waals surface area contributed by atoms with Gasteiger partial charge in [-0.1, -0.05) is 0 Å². The summed E-state index contributed by atoms with van der Waals surface area (Å²) in [4.78, 5) is 1.29. The Labute approximate surface area is 96.0 Å². The van der Waals surface area contributed by atoms with E-state index in [0.29, 0.717) is 0 Å². The largest absolute Gasteiger partial charge is 0.399 e. The normalized spacial score (nSPS) is 19.4. The minimum Gasteiger partial charge on any atom is -0.399 e. The fourth-order valence-electron chi connectivity index (χ4n) is 1.94. The number of anilines is 2. The zero-order valence-corrected chi connectivity index (χ0v) is 9.02. The first kappa shape index (κ1) is 12.0. The molecule has 1 heterocycles. The van der Waals surface area contributed by atoms with Crippen LogP contribution in [-0.4, -0.2) is 19.0 Å². The van der Waals surface area contributed by atoms with E-state index in [1.807, 2.05) is 0 Å². The molecule has 2 nitrogen and oxygen atoms in total. The Kier molecular flexibility index (Phi) is 2.89. The Morgan fingerprint density at radius 3 is 2.00 bits per heavy atom. The van der Waals surface area contributed by atoms with E-state index in [0.717, 1.165) is 12.1 Å². The van der Waals surface area contributed by atoms with E-state index in [-0.39, 0.29) is 24.5 Å². The van der Waals surface area contributed by atoms with Crippen molar-refractivity contribution in [3.8, 4) is 0 Å². The number of rotatable bonds is 1. The van der Waals surface area contributed by atoms with Gasteiger partial charge in [0.25, 0.3) is 5.92 Å². The summed E-state index contributed by atoms with van der Waals surface area (Å²) in [6, 6.07) is 1.98. The summed E-state index contributed by atoms with van der Waals surface area (Å²) in [5.41, 5.74) is 4.99. The fraction of sp³-hybridized carbons (Fsp3) is 0.455. The summed E-state index contributed by atoms with van der Waals surface area (Å²) in [5, 5.41) is 0. The molecule has 0 saturated carbocycles. The van der Waals surface area contributed by atoms with Gasteiger partial charge in [-0.15, -0.1) is 0 Å². The lowest BCUT2D eigenvalue weighted by Gasteiger charge is -2.33. The molecule has 0 atom stereocenters. The standard InChI is InChI=1S/C11H12F4N2/c12-8-5-7(16)6-9(13)10(8)17-3-1-11(14,15)2-4-17/h5-6H,1-4,16H2. The second-order valence-electron chi connectivity index (χ2n) is 4.18. The molecule has 1 aliphatic rings. The summed E-state index contributed by atoms with van der Waals surface area (Å²) in [5.74, 6) is -4.36. The van der Waals surface area contributed by atoms with Gasteiger partial charge in [-0.05, 0) is 12.1 Å². The number of benzene rings is 1. The molecule has 0 bridgehead atoms. The number of halogens is 4. The highest BCUT2D eigenvalue weighted by molar-refractivity contribution is 5.56. The van der Waals surface area contributed by atoms with Gasteiger partial charge in [0, 0.05) is 31.6 Å². The van der Waals surface area contributed by atoms with Gasteiger partial charge >= 0.3 is 0 Å². The highest BCUT2D eigenvalue weighted by atomic mass is 19.3. The molecule has 2 rings (SSSR count). The van der Waals surface area contributed by atoms with Crippen LogP contribution in [0.4, 0.5) is 28.9 Å². The molecular formula is C11H12F4N2. The van der Waals surface area contributed by atoms with Crippen LogP contribution in [0.5, 0.6) is 0 Å².